The van der Waals surface area contributed by atoms with E-state index in [2.05, 4.69) is 15.6 Å². The normalized spacial score (nSPS) is 20.4. The molecule has 1 aromatic heterocycles. The monoisotopic (exact) mass is 285 g/mol. The van der Waals surface area contributed by atoms with Crippen LogP contribution in [0.5, 0.6) is 11.5 Å². The molecule has 3 heterocycles. The lowest BCUT2D eigenvalue weighted by molar-refractivity contribution is -0.119. The molecule has 0 spiro atoms. The summed E-state index contributed by atoms with van der Waals surface area (Å²) in [5.41, 5.74) is 0. The molecule has 6 heteroatoms. The van der Waals surface area contributed by atoms with Gasteiger partial charge in [-0.3, -0.25) is 4.79 Å². The van der Waals surface area contributed by atoms with Gasteiger partial charge in [0.05, 0.1) is 6.04 Å². The Morgan fingerprint density at radius 3 is 2.81 bits per heavy atom. The van der Waals surface area contributed by atoms with Gasteiger partial charge in [0.15, 0.2) is 11.5 Å². The number of anilines is 1. The second kappa shape index (κ2) is 4.80. The summed E-state index contributed by atoms with van der Waals surface area (Å²) in [5.74, 6) is 2.35. The number of ether oxygens (including phenoxy) is 2. The molecule has 0 saturated carbocycles. The quantitative estimate of drug-likeness (QED) is 0.870. The summed E-state index contributed by atoms with van der Waals surface area (Å²) in [7, 11) is 0. The van der Waals surface area contributed by atoms with Crippen molar-refractivity contribution < 1.29 is 14.3 Å². The minimum absolute atomic E-state index is 0.0712. The van der Waals surface area contributed by atoms with E-state index < -0.39 is 0 Å². The number of rotatable bonds is 2. The summed E-state index contributed by atoms with van der Waals surface area (Å²) in [6, 6.07) is 5.93. The maximum atomic E-state index is 11.3. The topological polar surface area (TPSA) is 72.5 Å². The fourth-order valence-electron chi connectivity index (χ4n) is 2.72. The largest absolute Gasteiger partial charge is 0.486 e. The lowest BCUT2D eigenvalue weighted by Gasteiger charge is -2.20. The van der Waals surface area contributed by atoms with E-state index >= 15 is 0 Å². The van der Waals surface area contributed by atoms with Crippen LogP contribution in [-0.4, -0.2) is 36.7 Å². The maximum absolute atomic E-state index is 11.3. The molecule has 1 aromatic carbocycles. The Hall–Kier alpha value is -2.50. The summed E-state index contributed by atoms with van der Waals surface area (Å²) >= 11 is 0. The number of benzene rings is 1. The summed E-state index contributed by atoms with van der Waals surface area (Å²) in [6.45, 7) is 1.76. The van der Waals surface area contributed by atoms with Crippen LogP contribution >= 0.6 is 0 Å². The average Bonchev–Trinajstić information content (AvgIpc) is 2.91. The summed E-state index contributed by atoms with van der Waals surface area (Å²) in [6.07, 6.45) is 2.23. The van der Waals surface area contributed by atoms with Crippen LogP contribution in [0.3, 0.4) is 0 Å². The van der Waals surface area contributed by atoms with Gasteiger partial charge in [-0.15, -0.1) is 0 Å². The van der Waals surface area contributed by atoms with Crippen LogP contribution in [0, 0.1) is 0 Å². The standard InChI is InChI=1S/C15H15N3O3/c19-14-6-10(8-17-14)18-15-11-7-13-12(20-3-4-21-13)5-9(11)1-2-16-15/h1-2,5,7,10H,3-4,6,8H2,(H,16,18)(H,17,19). The fourth-order valence-corrected chi connectivity index (χ4v) is 2.72. The van der Waals surface area contributed by atoms with Crippen LogP contribution in [0.2, 0.25) is 0 Å². The first-order valence-electron chi connectivity index (χ1n) is 7.01. The van der Waals surface area contributed by atoms with Crippen LogP contribution < -0.4 is 20.1 Å². The van der Waals surface area contributed by atoms with E-state index in [9.17, 15) is 4.79 Å². The highest BCUT2D eigenvalue weighted by atomic mass is 16.6. The molecule has 0 radical (unpaired) electrons. The molecule has 21 heavy (non-hydrogen) atoms. The smallest absolute Gasteiger partial charge is 0.222 e. The van der Waals surface area contributed by atoms with Gasteiger partial charge in [-0.05, 0) is 23.6 Å². The highest BCUT2D eigenvalue weighted by molar-refractivity contribution is 5.94. The number of aromatic nitrogens is 1. The zero-order valence-corrected chi connectivity index (χ0v) is 11.4. The van der Waals surface area contributed by atoms with Gasteiger partial charge in [-0.25, -0.2) is 4.98 Å². The zero-order chi connectivity index (χ0) is 14.2. The van der Waals surface area contributed by atoms with Crippen molar-refractivity contribution >= 4 is 22.5 Å². The second-order valence-electron chi connectivity index (χ2n) is 5.23. The summed E-state index contributed by atoms with van der Waals surface area (Å²) < 4.78 is 11.2. The number of hydrogen-bond acceptors (Lipinski definition) is 5. The Morgan fingerprint density at radius 1 is 1.24 bits per heavy atom. The third kappa shape index (κ3) is 2.22. The number of pyridine rings is 1. The molecule has 1 unspecified atom stereocenters. The second-order valence-corrected chi connectivity index (χ2v) is 5.23. The van der Waals surface area contributed by atoms with Crippen molar-refractivity contribution in [3.05, 3.63) is 24.4 Å². The van der Waals surface area contributed by atoms with E-state index in [0.717, 1.165) is 28.1 Å². The van der Waals surface area contributed by atoms with Gasteiger partial charge in [0.25, 0.3) is 0 Å². The van der Waals surface area contributed by atoms with E-state index in [0.29, 0.717) is 26.2 Å². The molecule has 2 aliphatic rings. The van der Waals surface area contributed by atoms with Gasteiger partial charge in [-0.2, -0.15) is 0 Å². The molecule has 6 nitrogen and oxygen atoms in total. The third-order valence-electron chi connectivity index (χ3n) is 3.75. The van der Waals surface area contributed by atoms with Crippen LogP contribution in [0.1, 0.15) is 6.42 Å². The third-order valence-corrected chi connectivity index (χ3v) is 3.75. The van der Waals surface area contributed by atoms with Crippen molar-refractivity contribution in [3.8, 4) is 11.5 Å². The van der Waals surface area contributed by atoms with Crippen LogP contribution in [0.4, 0.5) is 5.82 Å². The molecule has 0 aliphatic carbocycles. The first-order chi connectivity index (χ1) is 10.3. The fraction of sp³-hybridized carbons (Fsp3) is 0.333. The Balaban J connectivity index is 1.73. The van der Waals surface area contributed by atoms with E-state index in [1.807, 2.05) is 18.2 Å². The van der Waals surface area contributed by atoms with E-state index in [4.69, 9.17) is 9.47 Å². The first-order valence-corrected chi connectivity index (χ1v) is 7.01. The number of hydrogen-bond donors (Lipinski definition) is 2. The van der Waals surface area contributed by atoms with Crippen molar-refractivity contribution in [1.29, 1.82) is 0 Å². The molecule has 1 atom stereocenters. The molecular formula is C15H15N3O3. The Kier molecular flexibility index (Phi) is 2.80. The molecule has 1 amide bonds. The lowest BCUT2D eigenvalue weighted by atomic mass is 10.1. The van der Waals surface area contributed by atoms with Crippen molar-refractivity contribution in [3.63, 3.8) is 0 Å². The van der Waals surface area contributed by atoms with Gasteiger partial charge in [0, 0.05) is 24.5 Å². The molecule has 1 fully saturated rings. The van der Waals surface area contributed by atoms with Crippen molar-refractivity contribution in [2.75, 3.05) is 25.1 Å². The minimum atomic E-state index is 0.0712. The number of fused-ring (bicyclic) bond motifs is 2. The molecule has 1 saturated heterocycles. The van der Waals surface area contributed by atoms with Crippen molar-refractivity contribution in [1.82, 2.24) is 10.3 Å². The molecule has 2 aromatic rings. The van der Waals surface area contributed by atoms with E-state index in [1.165, 1.54) is 0 Å². The number of nitrogens with zero attached hydrogens (tertiary/aromatic N) is 1. The van der Waals surface area contributed by atoms with Gasteiger partial charge in [-0.1, -0.05) is 0 Å². The van der Waals surface area contributed by atoms with Crippen LogP contribution in [0.25, 0.3) is 10.8 Å². The Labute approximate surface area is 121 Å². The van der Waals surface area contributed by atoms with Crippen molar-refractivity contribution in [2.24, 2.45) is 0 Å². The molecule has 108 valence electrons. The lowest BCUT2D eigenvalue weighted by Crippen LogP contribution is -2.23. The summed E-state index contributed by atoms with van der Waals surface area (Å²) in [4.78, 5) is 15.7. The summed E-state index contributed by atoms with van der Waals surface area (Å²) in [5, 5.41) is 8.15. The number of carbonyl (C=O) groups is 1. The number of carbonyl (C=O) groups excluding carboxylic acids is 1. The van der Waals surface area contributed by atoms with Gasteiger partial charge < -0.3 is 20.1 Å². The van der Waals surface area contributed by atoms with E-state index in [-0.39, 0.29) is 11.9 Å². The van der Waals surface area contributed by atoms with E-state index in [1.54, 1.807) is 6.20 Å². The Bertz CT molecular complexity index is 717. The molecule has 4 rings (SSSR count). The van der Waals surface area contributed by atoms with Crippen molar-refractivity contribution in [2.45, 2.75) is 12.5 Å². The molecule has 0 bridgehead atoms. The van der Waals surface area contributed by atoms with Gasteiger partial charge in [0.2, 0.25) is 5.91 Å². The number of amides is 1. The number of nitrogens with one attached hydrogen (secondary N) is 2. The zero-order valence-electron chi connectivity index (χ0n) is 11.4. The van der Waals surface area contributed by atoms with Gasteiger partial charge >= 0.3 is 0 Å². The SMILES string of the molecule is O=C1CC(Nc2nccc3cc4c(cc23)OCCO4)CN1. The molecular weight excluding hydrogens is 270 g/mol. The van der Waals surface area contributed by atoms with Crippen LogP contribution in [0.15, 0.2) is 24.4 Å². The molecule has 2 aliphatic heterocycles. The predicted octanol–water partition coefficient (Wildman–Crippen LogP) is 1.31. The average molecular weight is 285 g/mol. The highest BCUT2D eigenvalue weighted by Crippen LogP contribution is 2.36. The van der Waals surface area contributed by atoms with Gasteiger partial charge in [0.1, 0.15) is 19.0 Å². The highest BCUT2D eigenvalue weighted by Gasteiger charge is 2.22. The van der Waals surface area contributed by atoms with Crippen LogP contribution in [-0.2, 0) is 4.79 Å². The minimum Gasteiger partial charge on any atom is -0.486 e. The molecule has 2 N–H and O–H groups in total. The Morgan fingerprint density at radius 2 is 2.05 bits per heavy atom. The maximum Gasteiger partial charge on any atom is 0.222 e. The first kappa shape index (κ1) is 12.3. The predicted molar refractivity (Wildman–Crippen MR) is 77.8 cm³/mol.